The molecular formula is C12H16ClNO. The van der Waals surface area contributed by atoms with Crippen molar-refractivity contribution in [1.29, 1.82) is 0 Å². The molecule has 1 aromatic rings. The van der Waals surface area contributed by atoms with Crippen LogP contribution in [0.25, 0.3) is 0 Å². The molecule has 0 bridgehead atoms. The maximum Gasteiger partial charge on any atom is 0.128 e. The summed E-state index contributed by atoms with van der Waals surface area (Å²) >= 11 is 6.22. The zero-order chi connectivity index (χ0) is 11.1. The Bertz CT molecular complexity index is 385. The molecule has 15 heavy (non-hydrogen) atoms. The predicted octanol–water partition coefficient (Wildman–Crippen LogP) is 2.99. The number of halogens is 1. The van der Waals surface area contributed by atoms with Gasteiger partial charge in [-0.05, 0) is 37.8 Å². The summed E-state index contributed by atoms with van der Waals surface area (Å²) in [7, 11) is 1.67. The van der Waals surface area contributed by atoms with Gasteiger partial charge in [-0.3, -0.25) is 0 Å². The van der Waals surface area contributed by atoms with Gasteiger partial charge < -0.3 is 10.5 Å². The summed E-state index contributed by atoms with van der Waals surface area (Å²) in [6.07, 6.45) is 3.16. The monoisotopic (exact) mass is 225 g/mol. The predicted molar refractivity (Wildman–Crippen MR) is 62.5 cm³/mol. The summed E-state index contributed by atoms with van der Waals surface area (Å²) in [5, 5.41) is 0.722. The van der Waals surface area contributed by atoms with E-state index in [1.165, 1.54) is 6.42 Å². The second-order valence-corrected chi connectivity index (χ2v) is 4.69. The summed E-state index contributed by atoms with van der Waals surface area (Å²) in [5.41, 5.74) is 8.11. The van der Waals surface area contributed by atoms with Gasteiger partial charge in [-0.2, -0.15) is 0 Å². The molecule has 2 rings (SSSR count). The molecule has 0 radical (unpaired) electrons. The Hall–Kier alpha value is -0.730. The van der Waals surface area contributed by atoms with Gasteiger partial charge in [-0.15, -0.1) is 0 Å². The second-order valence-electron chi connectivity index (χ2n) is 4.28. The molecule has 0 heterocycles. The van der Waals surface area contributed by atoms with Crippen LogP contribution in [0, 0.1) is 6.92 Å². The van der Waals surface area contributed by atoms with Crippen molar-refractivity contribution in [1.82, 2.24) is 0 Å². The first-order chi connectivity index (χ1) is 7.08. The average molecular weight is 226 g/mol. The average Bonchev–Trinajstić information content (AvgIpc) is 2.17. The first-order valence-corrected chi connectivity index (χ1v) is 5.59. The van der Waals surface area contributed by atoms with Gasteiger partial charge in [0.05, 0.1) is 7.11 Å². The molecule has 0 spiro atoms. The molecule has 0 unspecified atom stereocenters. The molecule has 0 saturated heterocycles. The van der Waals surface area contributed by atoms with Crippen LogP contribution in [0.15, 0.2) is 12.1 Å². The largest absolute Gasteiger partial charge is 0.496 e. The fourth-order valence-electron chi connectivity index (χ4n) is 2.20. The van der Waals surface area contributed by atoms with E-state index in [4.69, 9.17) is 22.1 Å². The van der Waals surface area contributed by atoms with Crippen LogP contribution in [0.2, 0.25) is 5.02 Å². The first-order valence-electron chi connectivity index (χ1n) is 5.21. The van der Waals surface area contributed by atoms with Gasteiger partial charge in [-0.1, -0.05) is 17.7 Å². The molecule has 1 aliphatic rings. The standard InChI is InChI=1S/C12H16ClNO/c1-8-4-5-9(13)10(11(8)15-2)12(14)6-3-7-12/h4-5H,3,6-7,14H2,1-2H3. The van der Waals surface area contributed by atoms with Crippen molar-refractivity contribution in [3.8, 4) is 5.75 Å². The fourth-order valence-corrected chi connectivity index (χ4v) is 2.53. The van der Waals surface area contributed by atoms with E-state index in [0.29, 0.717) is 0 Å². The Balaban J connectivity index is 2.57. The fraction of sp³-hybridized carbons (Fsp3) is 0.500. The van der Waals surface area contributed by atoms with Gasteiger partial charge in [0.25, 0.3) is 0 Å². The van der Waals surface area contributed by atoms with E-state index in [-0.39, 0.29) is 5.54 Å². The van der Waals surface area contributed by atoms with Crippen molar-refractivity contribution in [2.24, 2.45) is 5.73 Å². The minimum Gasteiger partial charge on any atom is -0.496 e. The zero-order valence-corrected chi connectivity index (χ0v) is 9.90. The quantitative estimate of drug-likeness (QED) is 0.840. The molecule has 1 fully saturated rings. The lowest BCUT2D eigenvalue weighted by atomic mass is 9.72. The maximum atomic E-state index is 6.31. The second kappa shape index (κ2) is 3.69. The van der Waals surface area contributed by atoms with E-state index in [0.717, 1.165) is 34.7 Å². The highest BCUT2D eigenvalue weighted by molar-refractivity contribution is 6.31. The van der Waals surface area contributed by atoms with E-state index < -0.39 is 0 Å². The van der Waals surface area contributed by atoms with Crippen LogP contribution in [0.4, 0.5) is 0 Å². The molecule has 1 saturated carbocycles. The van der Waals surface area contributed by atoms with Crippen LogP contribution in [0.5, 0.6) is 5.75 Å². The normalized spacial score (nSPS) is 18.4. The van der Waals surface area contributed by atoms with E-state index >= 15 is 0 Å². The maximum absolute atomic E-state index is 6.31. The molecule has 0 atom stereocenters. The van der Waals surface area contributed by atoms with E-state index in [2.05, 4.69) is 0 Å². The van der Waals surface area contributed by atoms with Crippen molar-refractivity contribution in [3.05, 3.63) is 28.3 Å². The van der Waals surface area contributed by atoms with Gasteiger partial charge in [0.1, 0.15) is 5.75 Å². The van der Waals surface area contributed by atoms with Gasteiger partial charge >= 0.3 is 0 Å². The van der Waals surface area contributed by atoms with Crippen molar-refractivity contribution in [2.45, 2.75) is 31.7 Å². The number of hydrogen-bond acceptors (Lipinski definition) is 2. The summed E-state index contributed by atoms with van der Waals surface area (Å²) < 4.78 is 5.41. The molecule has 0 amide bonds. The highest BCUT2D eigenvalue weighted by Gasteiger charge is 2.38. The highest BCUT2D eigenvalue weighted by atomic mass is 35.5. The van der Waals surface area contributed by atoms with Crippen LogP contribution in [-0.4, -0.2) is 7.11 Å². The Morgan fingerprint density at radius 1 is 1.40 bits per heavy atom. The number of nitrogens with two attached hydrogens (primary N) is 1. The lowest BCUT2D eigenvalue weighted by molar-refractivity contribution is 0.243. The third-order valence-corrected chi connectivity index (χ3v) is 3.57. The number of benzene rings is 1. The van der Waals surface area contributed by atoms with Crippen LogP contribution in [0.1, 0.15) is 30.4 Å². The topological polar surface area (TPSA) is 35.2 Å². The van der Waals surface area contributed by atoms with Gasteiger partial charge in [0.15, 0.2) is 0 Å². The van der Waals surface area contributed by atoms with Crippen molar-refractivity contribution in [3.63, 3.8) is 0 Å². The molecule has 2 nitrogen and oxygen atoms in total. The van der Waals surface area contributed by atoms with Crippen molar-refractivity contribution >= 4 is 11.6 Å². The molecule has 3 heteroatoms. The van der Waals surface area contributed by atoms with Crippen LogP contribution in [-0.2, 0) is 5.54 Å². The van der Waals surface area contributed by atoms with E-state index in [9.17, 15) is 0 Å². The molecular weight excluding hydrogens is 210 g/mol. The third-order valence-electron chi connectivity index (χ3n) is 3.25. The number of hydrogen-bond donors (Lipinski definition) is 1. The molecule has 82 valence electrons. The molecule has 0 aliphatic heterocycles. The summed E-state index contributed by atoms with van der Waals surface area (Å²) in [5.74, 6) is 0.852. The molecule has 0 aromatic heterocycles. The van der Waals surface area contributed by atoms with Gasteiger partial charge in [0.2, 0.25) is 0 Å². The number of aryl methyl sites for hydroxylation is 1. The lowest BCUT2D eigenvalue weighted by Crippen LogP contribution is -2.43. The molecule has 1 aliphatic carbocycles. The summed E-state index contributed by atoms with van der Waals surface area (Å²) in [4.78, 5) is 0. The molecule has 2 N–H and O–H groups in total. The van der Waals surface area contributed by atoms with Crippen molar-refractivity contribution < 1.29 is 4.74 Å². The first kappa shape index (κ1) is 10.8. The Labute approximate surface area is 95.4 Å². The number of rotatable bonds is 2. The third kappa shape index (κ3) is 1.62. The summed E-state index contributed by atoms with van der Waals surface area (Å²) in [6, 6.07) is 3.87. The minimum atomic E-state index is -0.269. The van der Waals surface area contributed by atoms with E-state index in [1.807, 2.05) is 19.1 Å². The van der Waals surface area contributed by atoms with E-state index in [1.54, 1.807) is 7.11 Å². The van der Waals surface area contributed by atoms with Crippen LogP contribution in [0.3, 0.4) is 0 Å². The van der Waals surface area contributed by atoms with Crippen LogP contribution >= 0.6 is 11.6 Å². The Morgan fingerprint density at radius 3 is 2.53 bits per heavy atom. The summed E-state index contributed by atoms with van der Waals surface area (Å²) in [6.45, 7) is 2.01. The zero-order valence-electron chi connectivity index (χ0n) is 9.14. The van der Waals surface area contributed by atoms with Gasteiger partial charge in [-0.25, -0.2) is 0 Å². The minimum absolute atomic E-state index is 0.269. The number of ether oxygens (including phenoxy) is 1. The lowest BCUT2D eigenvalue weighted by Gasteiger charge is -2.40. The molecule has 1 aromatic carbocycles. The smallest absolute Gasteiger partial charge is 0.128 e. The highest BCUT2D eigenvalue weighted by Crippen LogP contribution is 2.46. The van der Waals surface area contributed by atoms with Gasteiger partial charge in [0, 0.05) is 16.1 Å². The Morgan fingerprint density at radius 2 is 2.07 bits per heavy atom. The Kier molecular flexibility index (Phi) is 2.65. The van der Waals surface area contributed by atoms with Crippen LogP contribution < -0.4 is 10.5 Å². The SMILES string of the molecule is COc1c(C)ccc(Cl)c1C1(N)CCC1. The number of methoxy groups -OCH3 is 1. The van der Waals surface area contributed by atoms with Crippen molar-refractivity contribution in [2.75, 3.05) is 7.11 Å².